The Labute approximate surface area is 83.2 Å². The van der Waals surface area contributed by atoms with Crippen molar-refractivity contribution >= 4 is 21.0 Å². The number of halogens is 1. The largest absolute Gasteiger partial charge is 1.00 e. The molecule has 0 bridgehead atoms. The van der Waals surface area contributed by atoms with Crippen LogP contribution in [0.1, 0.15) is 20.8 Å². The van der Waals surface area contributed by atoms with Crippen molar-refractivity contribution in [3.8, 4) is 0 Å². The molecule has 11 heavy (non-hydrogen) atoms. The average molecular weight is 289 g/mol. The van der Waals surface area contributed by atoms with Gasteiger partial charge in [-0.3, -0.25) is 0 Å². The van der Waals surface area contributed by atoms with Crippen molar-refractivity contribution in [3.63, 3.8) is 0 Å². The van der Waals surface area contributed by atoms with Crippen LogP contribution in [0.15, 0.2) is 0 Å². The molecule has 0 aromatic rings. The van der Waals surface area contributed by atoms with E-state index in [4.69, 9.17) is 9.22 Å². The first kappa shape index (κ1) is 14.5. The minimum atomic E-state index is -2.26. The Balaban J connectivity index is 0. The number of hydrogen-bond donors (Lipinski definition) is 0. The van der Waals surface area contributed by atoms with Gasteiger partial charge in [-0.15, -0.1) is 0 Å². The molecule has 0 radical (unpaired) electrons. The van der Waals surface area contributed by atoms with E-state index < -0.39 is 21.0 Å². The van der Waals surface area contributed by atoms with E-state index >= 15 is 0 Å². The summed E-state index contributed by atoms with van der Waals surface area (Å²) in [5.74, 6) is 0. The summed E-state index contributed by atoms with van der Waals surface area (Å²) in [6.45, 7) is 7.98. The normalized spacial score (nSPS) is 9.00. The van der Waals surface area contributed by atoms with Gasteiger partial charge in [0.2, 0.25) is 0 Å². The van der Waals surface area contributed by atoms with E-state index in [9.17, 15) is 0 Å². The zero-order chi connectivity index (χ0) is 7.82. The zero-order valence-electron chi connectivity index (χ0n) is 7.22. The molecule has 0 aliphatic carbocycles. The van der Waals surface area contributed by atoms with E-state index in [1.54, 1.807) is 0 Å². The van der Waals surface area contributed by atoms with Gasteiger partial charge in [-0.1, -0.05) is 0 Å². The van der Waals surface area contributed by atoms with Gasteiger partial charge in [0.15, 0.2) is 0 Å². The molecule has 0 atom stereocenters. The zero-order valence-corrected chi connectivity index (χ0v) is 10.8. The molecule has 0 fully saturated rings. The van der Waals surface area contributed by atoms with E-state index in [-0.39, 0.29) is 12.4 Å². The molecule has 68 valence electrons. The molecule has 0 heterocycles. The first-order chi connectivity index (χ1) is 4.85. The summed E-state index contributed by atoms with van der Waals surface area (Å²) in [6.07, 6.45) is 0. The van der Waals surface area contributed by atoms with Gasteiger partial charge in [-0.05, 0) is 0 Å². The number of hydrogen-bond acceptors (Lipinski definition) is 3. The summed E-state index contributed by atoms with van der Waals surface area (Å²) in [6, 6.07) is 0. The molecule has 0 aliphatic heterocycles. The summed E-state index contributed by atoms with van der Waals surface area (Å²) >= 11 is -2.26. The van der Waals surface area contributed by atoms with Crippen LogP contribution in [0.2, 0.25) is 0 Å². The molecule has 0 unspecified atom stereocenters. The fourth-order valence-electron chi connectivity index (χ4n) is 0.479. The second-order valence-corrected chi connectivity index (χ2v) is 5.45. The third-order valence-corrected chi connectivity index (χ3v) is 5.28. The van der Waals surface area contributed by atoms with Crippen molar-refractivity contribution in [1.29, 1.82) is 0 Å². The van der Waals surface area contributed by atoms with Crippen LogP contribution in [0.4, 0.5) is 0 Å². The Kier molecular flexibility index (Phi) is 14.4. The van der Waals surface area contributed by atoms with Crippen LogP contribution in [0.25, 0.3) is 0 Å². The van der Waals surface area contributed by atoms with Crippen molar-refractivity contribution in [2.24, 2.45) is 0 Å². The predicted octanol–water partition coefficient (Wildman–Crippen LogP) is -1.92. The molecule has 0 spiro atoms. The molecule has 0 aromatic heterocycles. The molecule has 0 saturated carbocycles. The molecule has 0 N–H and O–H groups in total. The Hall–Kier alpha value is 0.969. The van der Waals surface area contributed by atoms with Crippen LogP contribution in [-0.2, 0) is 9.22 Å². The maximum absolute atomic E-state index is 5.28. The van der Waals surface area contributed by atoms with Gasteiger partial charge in [0.1, 0.15) is 0 Å². The smallest absolute Gasteiger partial charge is 1.00 e. The van der Waals surface area contributed by atoms with Gasteiger partial charge in [-0.25, -0.2) is 0 Å². The van der Waals surface area contributed by atoms with Crippen molar-refractivity contribution in [3.05, 3.63) is 0 Å². The second kappa shape index (κ2) is 11.0. The van der Waals surface area contributed by atoms with Gasteiger partial charge in [0.25, 0.3) is 0 Å². The molecule has 5 heteroatoms. The minimum Gasteiger partial charge on any atom is -1.00 e. The third-order valence-electron chi connectivity index (χ3n) is 0.787. The van der Waals surface area contributed by atoms with E-state index in [1.165, 1.54) is 0 Å². The Morgan fingerprint density at radius 3 is 1.27 bits per heavy atom. The molecular weight excluding hydrogens is 274 g/mol. The molecule has 0 aromatic carbocycles. The summed E-state index contributed by atoms with van der Waals surface area (Å²) < 4.78 is 15.8. The van der Waals surface area contributed by atoms with Crippen LogP contribution < -0.4 is 12.4 Å². The van der Waals surface area contributed by atoms with Gasteiger partial charge < -0.3 is 12.4 Å². The molecule has 0 rings (SSSR count). The fraction of sp³-hybridized carbons (Fsp3) is 1.00. The Morgan fingerprint density at radius 1 is 0.818 bits per heavy atom. The Bertz CT molecular complexity index is 60.6. The van der Waals surface area contributed by atoms with E-state index in [1.807, 2.05) is 20.8 Å². The van der Waals surface area contributed by atoms with Crippen LogP contribution in [0.5, 0.6) is 0 Å². The molecule has 3 nitrogen and oxygen atoms in total. The van der Waals surface area contributed by atoms with Crippen molar-refractivity contribution < 1.29 is 21.6 Å². The SMILES string of the molecule is CC[O][Sn+]([O]CC)[O]CC.[Cl-]. The summed E-state index contributed by atoms with van der Waals surface area (Å²) in [4.78, 5) is 0. The first-order valence-electron chi connectivity index (χ1n) is 3.60. The first-order valence-corrected chi connectivity index (χ1v) is 7.10. The molecule has 0 aliphatic rings. The topological polar surface area (TPSA) is 27.7 Å². The van der Waals surface area contributed by atoms with Crippen LogP contribution in [-0.4, -0.2) is 40.8 Å². The quantitative estimate of drug-likeness (QED) is 0.534. The Morgan fingerprint density at radius 2 is 1.09 bits per heavy atom. The second-order valence-electron chi connectivity index (χ2n) is 1.55. The van der Waals surface area contributed by atoms with Crippen molar-refractivity contribution in [2.75, 3.05) is 19.8 Å². The van der Waals surface area contributed by atoms with Crippen LogP contribution in [0.3, 0.4) is 0 Å². The maximum atomic E-state index is 5.28. The summed E-state index contributed by atoms with van der Waals surface area (Å²) in [5.41, 5.74) is 0. The van der Waals surface area contributed by atoms with Crippen molar-refractivity contribution in [1.82, 2.24) is 0 Å². The van der Waals surface area contributed by atoms with E-state index in [0.29, 0.717) is 19.8 Å². The van der Waals surface area contributed by atoms with Crippen LogP contribution >= 0.6 is 0 Å². The van der Waals surface area contributed by atoms with Crippen LogP contribution in [0, 0.1) is 0 Å². The molecular formula is C6H15ClO3Sn. The van der Waals surface area contributed by atoms with Gasteiger partial charge in [0, 0.05) is 0 Å². The van der Waals surface area contributed by atoms with Crippen molar-refractivity contribution in [2.45, 2.75) is 20.8 Å². The summed E-state index contributed by atoms with van der Waals surface area (Å²) in [7, 11) is 0. The number of rotatable bonds is 6. The van der Waals surface area contributed by atoms with E-state index in [0.717, 1.165) is 0 Å². The fourth-order valence-corrected chi connectivity index (χ4v) is 3.21. The van der Waals surface area contributed by atoms with Gasteiger partial charge >= 0.3 is 70.8 Å². The molecule has 0 saturated heterocycles. The maximum Gasteiger partial charge on any atom is -1.00 e. The summed E-state index contributed by atoms with van der Waals surface area (Å²) in [5, 5.41) is 0. The minimum absolute atomic E-state index is 0. The van der Waals surface area contributed by atoms with Gasteiger partial charge in [0.05, 0.1) is 0 Å². The predicted molar refractivity (Wildman–Crippen MR) is 40.6 cm³/mol. The average Bonchev–Trinajstić information content (AvgIpc) is 1.90. The van der Waals surface area contributed by atoms with Gasteiger partial charge in [-0.2, -0.15) is 0 Å². The standard InChI is InChI=1S/3C2H5O.ClH.Sn/c3*1-2-3;;/h3*2H2,1H3;1H;/q3*-1;;+4/p-1. The molecule has 0 amide bonds. The van der Waals surface area contributed by atoms with E-state index in [2.05, 4.69) is 0 Å². The third kappa shape index (κ3) is 8.88. The monoisotopic (exact) mass is 290 g/mol.